The highest BCUT2D eigenvalue weighted by atomic mass is 15.5. The van der Waals surface area contributed by atoms with Crippen molar-refractivity contribution < 1.29 is 0 Å². The molecule has 0 aromatic heterocycles. The van der Waals surface area contributed by atoms with Crippen LogP contribution in [-0.2, 0) is 0 Å². The van der Waals surface area contributed by atoms with Crippen LogP contribution >= 0.6 is 0 Å². The molecule has 0 aromatic rings. The lowest BCUT2D eigenvalue weighted by Crippen LogP contribution is -2.32. The van der Waals surface area contributed by atoms with Gasteiger partial charge in [0.15, 0.2) is 0 Å². The predicted octanol–water partition coefficient (Wildman–Crippen LogP) is 2.80. The van der Waals surface area contributed by atoms with Crippen molar-refractivity contribution in [2.75, 3.05) is 7.05 Å². The van der Waals surface area contributed by atoms with Gasteiger partial charge in [-0.25, -0.2) is 0 Å². The zero-order valence-corrected chi connectivity index (χ0v) is 8.93. The molecule has 2 heteroatoms. The van der Waals surface area contributed by atoms with Crippen molar-refractivity contribution in [2.45, 2.75) is 39.5 Å². The topological polar surface area (TPSA) is 15.3 Å². The Hall–Kier alpha value is -0.920. The first-order valence-corrected chi connectivity index (χ1v) is 5.17. The largest absolute Gasteiger partial charge is 0.303 e. The van der Waals surface area contributed by atoms with Crippen molar-refractivity contribution in [3.05, 3.63) is 23.5 Å². The van der Waals surface area contributed by atoms with E-state index in [0.717, 1.165) is 6.42 Å². The van der Waals surface area contributed by atoms with Crippen LogP contribution in [0.3, 0.4) is 0 Å². The molecule has 0 unspecified atom stereocenters. The molecule has 1 aliphatic heterocycles. The third-order valence-electron chi connectivity index (χ3n) is 2.22. The summed E-state index contributed by atoms with van der Waals surface area (Å²) in [6.45, 7) is 4.44. The summed E-state index contributed by atoms with van der Waals surface area (Å²) in [5.41, 5.74) is 6.25. The Bertz CT molecular complexity index is 216. The molecule has 0 amide bonds. The van der Waals surface area contributed by atoms with Gasteiger partial charge in [-0.15, -0.1) is 0 Å². The van der Waals surface area contributed by atoms with E-state index in [0.29, 0.717) is 0 Å². The van der Waals surface area contributed by atoms with Gasteiger partial charge in [0.05, 0.1) is 0 Å². The maximum atomic E-state index is 3.38. The van der Waals surface area contributed by atoms with Gasteiger partial charge >= 0.3 is 0 Å². The van der Waals surface area contributed by atoms with Gasteiger partial charge in [0, 0.05) is 18.9 Å². The molecule has 1 rings (SSSR count). The van der Waals surface area contributed by atoms with Crippen molar-refractivity contribution in [1.29, 1.82) is 0 Å². The number of hydrogen-bond acceptors (Lipinski definition) is 2. The number of nitrogens with one attached hydrogen (secondary N) is 1. The Balaban J connectivity index is 2.69. The van der Waals surface area contributed by atoms with Crippen molar-refractivity contribution in [1.82, 2.24) is 10.4 Å². The average Bonchev–Trinajstić information content (AvgIpc) is 2.10. The standard InChI is InChI=1S/C11H20N2/c1-4-6-10-8-9-13(3)12-11(10)7-5-2/h8-9,12H,4-7H2,1-3H3. The van der Waals surface area contributed by atoms with Gasteiger partial charge in [-0.3, -0.25) is 5.01 Å². The van der Waals surface area contributed by atoms with E-state index in [-0.39, 0.29) is 0 Å². The molecular formula is C11H20N2. The van der Waals surface area contributed by atoms with E-state index in [2.05, 4.69) is 31.5 Å². The van der Waals surface area contributed by atoms with E-state index in [1.165, 1.54) is 30.5 Å². The van der Waals surface area contributed by atoms with Crippen LogP contribution in [0.25, 0.3) is 0 Å². The van der Waals surface area contributed by atoms with Crippen LogP contribution in [0, 0.1) is 0 Å². The number of hydrogen-bond donors (Lipinski definition) is 1. The monoisotopic (exact) mass is 180 g/mol. The molecular weight excluding hydrogens is 160 g/mol. The van der Waals surface area contributed by atoms with Gasteiger partial charge in [-0.1, -0.05) is 26.7 Å². The van der Waals surface area contributed by atoms with Crippen LogP contribution in [0.15, 0.2) is 23.5 Å². The first-order valence-electron chi connectivity index (χ1n) is 5.17. The van der Waals surface area contributed by atoms with Gasteiger partial charge in [0.1, 0.15) is 0 Å². The molecule has 2 nitrogen and oxygen atoms in total. The summed E-state index contributed by atoms with van der Waals surface area (Å²) in [5.74, 6) is 0. The van der Waals surface area contributed by atoms with Gasteiger partial charge < -0.3 is 5.43 Å². The second-order valence-electron chi connectivity index (χ2n) is 3.54. The summed E-state index contributed by atoms with van der Waals surface area (Å²) >= 11 is 0. The van der Waals surface area contributed by atoms with E-state index in [4.69, 9.17) is 0 Å². The Morgan fingerprint density at radius 2 is 1.92 bits per heavy atom. The minimum absolute atomic E-state index is 1.16. The summed E-state index contributed by atoms with van der Waals surface area (Å²) in [7, 11) is 2.04. The van der Waals surface area contributed by atoms with E-state index >= 15 is 0 Å². The molecule has 1 aliphatic rings. The Kier molecular flexibility index (Phi) is 3.87. The highest BCUT2D eigenvalue weighted by molar-refractivity contribution is 5.27. The van der Waals surface area contributed by atoms with E-state index in [1.54, 1.807) is 0 Å². The predicted molar refractivity (Wildman–Crippen MR) is 56.9 cm³/mol. The molecule has 74 valence electrons. The fourth-order valence-electron chi connectivity index (χ4n) is 1.59. The minimum Gasteiger partial charge on any atom is -0.303 e. The molecule has 0 saturated heterocycles. The lowest BCUT2D eigenvalue weighted by molar-refractivity contribution is 0.352. The summed E-state index contributed by atoms with van der Waals surface area (Å²) < 4.78 is 0. The third kappa shape index (κ3) is 2.79. The van der Waals surface area contributed by atoms with E-state index < -0.39 is 0 Å². The average molecular weight is 180 g/mol. The SMILES string of the molecule is CCCC1=C(CCC)NN(C)C=C1. The fourth-order valence-corrected chi connectivity index (χ4v) is 1.59. The van der Waals surface area contributed by atoms with Gasteiger partial charge in [0.2, 0.25) is 0 Å². The quantitative estimate of drug-likeness (QED) is 0.715. The molecule has 0 saturated carbocycles. The molecule has 0 bridgehead atoms. The number of allylic oxidation sites excluding steroid dienone is 3. The van der Waals surface area contributed by atoms with Gasteiger partial charge in [0.25, 0.3) is 0 Å². The fraction of sp³-hybridized carbons (Fsp3) is 0.636. The molecule has 0 radical (unpaired) electrons. The summed E-state index contributed by atoms with van der Waals surface area (Å²) in [5, 5.41) is 2.02. The van der Waals surface area contributed by atoms with Crippen LogP contribution in [0.1, 0.15) is 39.5 Å². The number of rotatable bonds is 4. The Morgan fingerprint density at radius 3 is 2.54 bits per heavy atom. The second kappa shape index (κ2) is 4.95. The zero-order chi connectivity index (χ0) is 9.68. The normalized spacial score (nSPS) is 16.4. The van der Waals surface area contributed by atoms with Crippen molar-refractivity contribution >= 4 is 0 Å². The molecule has 0 aromatic carbocycles. The number of hydrazine groups is 1. The van der Waals surface area contributed by atoms with Gasteiger partial charge in [-0.2, -0.15) is 0 Å². The Morgan fingerprint density at radius 1 is 1.23 bits per heavy atom. The molecule has 0 spiro atoms. The summed E-state index contributed by atoms with van der Waals surface area (Å²) in [6.07, 6.45) is 9.08. The zero-order valence-electron chi connectivity index (χ0n) is 8.93. The molecule has 1 N–H and O–H groups in total. The lowest BCUT2D eigenvalue weighted by Gasteiger charge is -2.26. The van der Waals surface area contributed by atoms with Crippen LogP contribution < -0.4 is 5.43 Å². The maximum Gasteiger partial charge on any atom is 0.0348 e. The number of nitrogens with zero attached hydrogens (tertiary/aromatic N) is 1. The molecule has 0 aliphatic carbocycles. The van der Waals surface area contributed by atoms with E-state index in [9.17, 15) is 0 Å². The van der Waals surface area contributed by atoms with Crippen LogP contribution in [0.5, 0.6) is 0 Å². The van der Waals surface area contributed by atoms with Gasteiger partial charge in [-0.05, 0) is 24.5 Å². The first-order chi connectivity index (χ1) is 6.27. The molecule has 0 atom stereocenters. The molecule has 1 heterocycles. The highest BCUT2D eigenvalue weighted by Gasteiger charge is 2.08. The van der Waals surface area contributed by atoms with Crippen molar-refractivity contribution in [3.8, 4) is 0 Å². The third-order valence-corrected chi connectivity index (χ3v) is 2.22. The van der Waals surface area contributed by atoms with E-state index in [1.807, 2.05) is 12.1 Å². The van der Waals surface area contributed by atoms with Crippen molar-refractivity contribution in [3.63, 3.8) is 0 Å². The van der Waals surface area contributed by atoms with Crippen LogP contribution in [-0.4, -0.2) is 12.1 Å². The maximum absolute atomic E-state index is 3.38. The molecule has 0 fully saturated rings. The van der Waals surface area contributed by atoms with Crippen molar-refractivity contribution in [2.24, 2.45) is 0 Å². The Labute approximate surface area is 81.3 Å². The lowest BCUT2D eigenvalue weighted by atomic mass is 10.0. The first kappa shape index (κ1) is 10.2. The van der Waals surface area contributed by atoms with Crippen LogP contribution in [0.2, 0.25) is 0 Å². The second-order valence-corrected chi connectivity index (χ2v) is 3.54. The smallest absolute Gasteiger partial charge is 0.0348 e. The highest BCUT2D eigenvalue weighted by Crippen LogP contribution is 2.18. The summed E-state index contributed by atoms with van der Waals surface area (Å²) in [6, 6.07) is 0. The minimum atomic E-state index is 1.16. The van der Waals surface area contributed by atoms with Crippen LogP contribution in [0.4, 0.5) is 0 Å². The summed E-state index contributed by atoms with van der Waals surface area (Å²) in [4.78, 5) is 0. The molecule has 13 heavy (non-hydrogen) atoms.